The number of pyridine rings is 1. The van der Waals surface area contributed by atoms with Crippen LogP contribution in [-0.4, -0.2) is 32.7 Å². The third kappa shape index (κ3) is 6.36. The smallest absolute Gasteiger partial charge is 0.347 e. The molecule has 0 saturated heterocycles. The van der Waals surface area contributed by atoms with Gasteiger partial charge in [0.15, 0.2) is 5.60 Å². The fraction of sp³-hybridized carbons (Fsp3) is 0.188. The minimum absolute atomic E-state index is 0.220. The van der Waals surface area contributed by atoms with E-state index in [2.05, 4.69) is 4.98 Å². The normalized spacial score (nSPS) is 10.2. The Hall–Kier alpha value is -2.60. The Balaban J connectivity index is 0.000000253. The average molecular weight is 338 g/mol. The summed E-state index contributed by atoms with van der Waals surface area (Å²) in [7, 11) is 0. The second-order valence-electron chi connectivity index (χ2n) is 4.92. The topological polar surface area (TPSA) is 96.7 Å². The molecule has 0 radical (unpaired) electrons. The summed E-state index contributed by atoms with van der Waals surface area (Å²) in [6.45, 7) is 2.98. The minimum atomic E-state index is -1.23. The first kappa shape index (κ1) is 18.4. The third-order valence-electron chi connectivity index (χ3n) is 2.61. The van der Waals surface area contributed by atoms with Crippen molar-refractivity contribution in [2.24, 2.45) is 0 Å². The van der Waals surface area contributed by atoms with Crippen LogP contribution in [0, 0.1) is 0 Å². The van der Waals surface area contributed by atoms with Gasteiger partial charge >= 0.3 is 11.9 Å². The van der Waals surface area contributed by atoms with E-state index in [1.54, 1.807) is 30.3 Å². The highest BCUT2D eigenvalue weighted by molar-refractivity contribution is 6.30. The van der Waals surface area contributed by atoms with Gasteiger partial charge in [0, 0.05) is 17.4 Å². The molecule has 2 aromatic rings. The number of benzene rings is 1. The number of nitrogens with zero attached hydrogens (tertiary/aromatic N) is 1. The molecule has 7 heteroatoms. The van der Waals surface area contributed by atoms with E-state index in [4.69, 9.17) is 26.6 Å². The lowest BCUT2D eigenvalue weighted by Gasteiger charge is -2.21. The second kappa shape index (κ2) is 8.14. The quantitative estimate of drug-likeness (QED) is 0.887. The molecule has 0 unspecified atom stereocenters. The molecular formula is C16H16ClNO5. The first-order valence-corrected chi connectivity index (χ1v) is 6.91. The molecule has 122 valence electrons. The molecule has 6 nitrogen and oxygen atoms in total. The molecule has 0 saturated carbocycles. The molecule has 0 fully saturated rings. The lowest BCUT2D eigenvalue weighted by molar-refractivity contribution is -0.152. The zero-order chi connectivity index (χ0) is 17.5. The highest BCUT2D eigenvalue weighted by Crippen LogP contribution is 2.20. The summed E-state index contributed by atoms with van der Waals surface area (Å²) in [6.07, 6.45) is 2.84. The van der Waals surface area contributed by atoms with Crippen LogP contribution in [0.25, 0.3) is 0 Å². The van der Waals surface area contributed by atoms with Gasteiger partial charge in [0.05, 0.1) is 5.56 Å². The zero-order valence-electron chi connectivity index (χ0n) is 12.6. The Morgan fingerprint density at radius 1 is 1.13 bits per heavy atom. The van der Waals surface area contributed by atoms with Gasteiger partial charge in [-0.25, -0.2) is 9.59 Å². The molecule has 2 N–H and O–H groups in total. The summed E-state index contributed by atoms with van der Waals surface area (Å²) >= 11 is 5.67. The molecule has 0 spiro atoms. The first-order valence-electron chi connectivity index (χ1n) is 6.53. The van der Waals surface area contributed by atoms with E-state index in [1.807, 2.05) is 0 Å². The number of carbonyl (C=O) groups is 2. The van der Waals surface area contributed by atoms with Crippen LogP contribution >= 0.6 is 11.6 Å². The summed E-state index contributed by atoms with van der Waals surface area (Å²) in [5, 5.41) is 17.7. The molecule has 0 aliphatic heterocycles. The summed E-state index contributed by atoms with van der Waals surface area (Å²) in [5.74, 6) is -1.46. The fourth-order valence-electron chi connectivity index (χ4n) is 1.33. The van der Waals surface area contributed by atoms with Crippen LogP contribution in [-0.2, 0) is 4.79 Å². The van der Waals surface area contributed by atoms with Crippen molar-refractivity contribution in [2.45, 2.75) is 19.4 Å². The molecule has 0 atom stereocenters. The first-order chi connectivity index (χ1) is 10.7. The third-order valence-corrected chi connectivity index (χ3v) is 2.86. The number of aromatic carboxylic acids is 1. The molecule has 1 aromatic heterocycles. The maximum Gasteiger partial charge on any atom is 0.347 e. The van der Waals surface area contributed by atoms with Gasteiger partial charge in [0.2, 0.25) is 0 Å². The van der Waals surface area contributed by atoms with Crippen LogP contribution in [0.3, 0.4) is 0 Å². The standard InChI is InChI=1S/C10H11ClO3.C6H5NO2/c1-10(2,9(12)13)14-8-5-3-7(11)4-6-8;8-6(9)5-2-1-3-7-4-5/h3-6H,1-2H3,(H,12,13);1-4H,(H,8,9). The van der Waals surface area contributed by atoms with E-state index in [1.165, 1.54) is 32.3 Å². The lowest BCUT2D eigenvalue weighted by Crippen LogP contribution is -2.37. The van der Waals surface area contributed by atoms with Crippen molar-refractivity contribution >= 4 is 23.5 Å². The fourth-order valence-corrected chi connectivity index (χ4v) is 1.46. The number of hydrogen-bond acceptors (Lipinski definition) is 4. The summed E-state index contributed by atoms with van der Waals surface area (Å²) in [6, 6.07) is 9.64. The number of carboxylic acids is 2. The molecule has 0 amide bonds. The van der Waals surface area contributed by atoms with Gasteiger partial charge in [-0.1, -0.05) is 11.6 Å². The van der Waals surface area contributed by atoms with Crippen LogP contribution in [0.4, 0.5) is 0 Å². The Morgan fingerprint density at radius 2 is 1.74 bits per heavy atom. The number of aromatic nitrogens is 1. The van der Waals surface area contributed by atoms with Gasteiger partial charge in [-0.3, -0.25) is 4.98 Å². The van der Waals surface area contributed by atoms with Crippen molar-refractivity contribution in [1.29, 1.82) is 0 Å². The largest absolute Gasteiger partial charge is 0.478 e. The van der Waals surface area contributed by atoms with Crippen molar-refractivity contribution in [3.05, 3.63) is 59.4 Å². The number of halogens is 1. The predicted octanol–water partition coefficient (Wildman–Crippen LogP) is 3.36. The van der Waals surface area contributed by atoms with Crippen molar-refractivity contribution in [2.75, 3.05) is 0 Å². The van der Waals surface area contributed by atoms with Crippen LogP contribution < -0.4 is 4.74 Å². The highest BCUT2D eigenvalue weighted by Gasteiger charge is 2.29. The van der Waals surface area contributed by atoms with Gasteiger partial charge in [-0.15, -0.1) is 0 Å². The molecular weight excluding hydrogens is 322 g/mol. The lowest BCUT2D eigenvalue weighted by atomic mass is 10.1. The minimum Gasteiger partial charge on any atom is -0.478 e. The Morgan fingerprint density at radius 3 is 2.13 bits per heavy atom. The SMILES string of the molecule is CC(C)(Oc1ccc(Cl)cc1)C(=O)O.O=C(O)c1cccnc1. The Labute approximate surface area is 138 Å². The van der Waals surface area contributed by atoms with E-state index >= 15 is 0 Å². The van der Waals surface area contributed by atoms with E-state index < -0.39 is 17.5 Å². The van der Waals surface area contributed by atoms with E-state index in [0.29, 0.717) is 10.8 Å². The molecule has 0 aliphatic rings. The molecule has 0 aliphatic carbocycles. The average Bonchev–Trinajstić information content (AvgIpc) is 2.51. The van der Waals surface area contributed by atoms with E-state index in [-0.39, 0.29) is 5.56 Å². The number of carboxylic acid groups (broad SMARTS) is 2. The molecule has 2 rings (SSSR count). The van der Waals surface area contributed by atoms with Gasteiger partial charge in [0.25, 0.3) is 0 Å². The number of ether oxygens (including phenoxy) is 1. The monoisotopic (exact) mass is 337 g/mol. The number of aliphatic carboxylic acids is 1. The second-order valence-corrected chi connectivity index (χ2v) is 5.35. The van der Waals surface area contributed by atoms with Gasteiger partial charge < -0.3 is 14.9 Å². The maximum absolute atomic E-state index is 10.7. The van der Waals surface area contributed by atoms with Gasteiger partial charge in [-0.05, 0) is 50.2 Å². The summed E-state index contributed by atoms with van der Waals surface area (Å²) in [5.41, 5.74) is -1.01. The van der Waals surface area contributed by atoms with E-state index in [0.717, 1.165) is 0 Å². The molecule has 23 heavy (non-hydrogen) atoms. The number of rotatable bonds is 4. The van der Waals surface area contributed by atoms with Gasteiger partial charge in [0.1, 0.15) is 5.75 Å². The van der Waals surface area contributed by atoms with Crippen molar-refractivity contribution < 1.29 is 24.5 Å². The molecule has 1 aromatic carbocycles. The van der Waals surface area contributed by atoms with Crippen molar-refractivity contribution in [1.82, 2.24) is 4.98 Å². The van der Waals surface area contributed by atoms with E-state index in [9.17, 15) is 9.59 Å². The maximum atomic E-state index is 10.7. The Bertz CT molecular complexity index is 656. The Kier molecular flexibility index (Phi) is 6.53. The summed E-state index contributed by atoms with van der Waals surface area (Å²) in [4.78, 5) is 24.5. The van der Waals surface area contributed by atoms with Gasteiger partial charge in [-0.2, -0.15) is 0 Å². The number of hydrogen-bond donors (Lipinski definition) is 2. The van der Waals surface area contributed by atoms with Crippen LogP contribution in [0.15, 0.2) is 48.8 Å². The van der Waals surface area contributed by atoms with Crippen LogP contribution in [0.2, 0.25) is 5.02 Å². The van der Waals surface area contributed by atoms with Crippen LogP contribution in [0.1, 0.15) is 24.2 Å². The molecule has 0 bridgehead atoms. The molecule has 1 heterocycles. The van der Waals surface area contributed by atoms with Crippen LogP contribution in [0.5, 0.6) is 5.75 Å². The zero-order valence-corrected chi connectivity index (χ0v) is 13.3. The highest BCUT2D eigenvalue weighted by atomic mass is 35.5. The summed E-state index contributed by atoms with van der Waals surface area (Å²) < 4.78 is 5.26. The van der Waals surface area contributed by atoms with Crippen molar-refractivity contribution in [3.8, 4) is 5.75 Å². The predicted molar refractivity (Wildman–Crippen MR) is 85.0 cm³/mol. The van der Waals surface area contributed by atoms with Crippen molar-refractivity contribution in [3.63, 3.8) is 0 Å².